The lowest BCUT2D eigenvalue weighted by atomic mass is 9.99. The van der Waals surface area contributed by atoms with Gasteiger partial charge in [-0.05, 0) is 61.9 Å². The van der Waals surface area contributed by atoms with Crippen LogP contribution in [-0.2, 0) is 11.3 Å². The Hall–Kier alpha value is -1.55. The molecule has 31 heavy (non-hydrogen) atoms. The number of likely N-dealkylation sites (tertiary alicyclic amines) is 1. The molecule has 0 radical (unpaired) electrons. The van der Waals surface area contributed by atoms with E-state index in [0.29, 0.717) is 6.04 Å². The lowest BCUT2D eigenvalue weighted by molar-refractivity contribution is 0.0318. The Morgan fingerprint density at radius 2 is 1.55 bits per heavy atom. The van der Waals surface area contributed by atoms with Gasteiger partial charge in [-0.3, -0.25) is 4.90 Å². The van der Waals surface area contributed by atoms with Gasteiger partial charge in [-0.15, -0.1) is 12.4 Å². The number of ether oxygens (including phenoxy) is 1. The molecule has 1 fully saturated rings. The number of rotatable bonds is 9. The van der Waals surface area contributed by atoms with Gasteiger partial charge in [0.15, 0.2) is 0 Å². The lowest BCUT2D eigenvalue weighted by Crippen LogP contribution is -2.46. The third-order valence-electron chi connectivity index (χ3n) is 5.91. The minimum Gasteiger partial charge on any atom is -0.379 e. The summed E-state index contributed by atoms with van der Waals surface area (Å²) in [4.78, 5) is 5.23. The van der Waals surface area contributed by atoms with Gasteiger partial charge in [0.05, 0.1) is 19.3 Å². The Morgan fingerprint density at radius 1 is 0.935 bits per heavy atom. The second-order valence-electron chi connectivity index (χ2n) is 10.1. The molecule has 0 saturated carbocycles. The smallest absolute Gasteiger partial charge is 0.0639 e. The average Bonchev–Trinajstić information content (AvgIpc) is 3.21. The molecule has 0 aromatic heterocycles. The van der Waals surface area contributed by atoms with E-state index in [9.17, 15) is 0 Å². The zero-order valence-corrected chi connectivity index (χ0v) is 20.9. The number of aryl methyl sites for hydroxylation is 2. The molecule has 1 heterocycles. The molecule has 1 unspecified atom stereocenters. The number of para-hydroxylation sites is 1. The van der Waals surface area contributed by atoms with Gasteiger partial charge in [-0.25, -0.2) is 0 Å². The Bertz CT molecular complexity index is 761. The zero-order valence-electron chi connectivity index (χ0n) is 20.1. The van der Waals surface area contributed by atoms with Gasteiger partial charge in [0.1, 0.15) is 0 Å². The van der Waals surface area contributed by atoms with Crippen molar-refractivity contribution in [1.82, 2.24) is 4.90 Å². The van der Waals surface area contributed by atoms with Crippen LogP contribution in [0.3, 0.4) is 0 Å². The quantitative estimate of drug-likeness (QED) is 0.454. The highest BCUT2D eigenvalue weighted by atomic mass is 35.5. The highest BCUT2D eigenvalue weighted by Crippen LogP contribution is 2.28. The Kier molecular flexibility index (Phi) is 9.87. The van der Waals surface area contributed by atoms with Crippen LogP contribution in [0.2, 0.25) is 0 Å². The summed E-state index contributed by atoms with van der Waals surface area (Å²) in [6, 6.07) is 17.9. The third-order valence-corrected chi connectivity index (χ3v) is 5.91. The molecule has 1 saturated heterocycles. The van der Waals surface area contributed by atoms with Crippen molar-refractivity contribution in [3.8, 4) is 0 Å². The number of anilines is 1. The van der Waals surface area contributed by atoms with Crippen molar-refractivity contribution in [2.75, 3.05) is 37.7 Å². The first-order valence-electron chi connectivity index (χ1n) is 11.5. The van der Waals surface area contributed by atoms with Crippen LogP contribution in [0, 0.1) is 19.3 Å². The molecule has 2 aromatic rings. The summed E-state index contributed by atoms with van der Waals surface area (Å²) in [5.41, 5.74) is 5.63. The van der Waals surface area contributed by atoms with Gasteiger partial charge in [0.25, 0.3) is 0 Å². The molecule has 4 heteroatoms. The van der Waals surface area contributed by atoms with Crippen LogP contribution < -0.4 is 4.90 Å². The lowest BCUT2D eigenvalue weighted by Gasteiger charge is -2.36. The maximum atomic E-state index is 6.25. The molecule has 1 aliphatic heterocycles. The van der Waals surface area contributed by atoms with E-state index in [1.807, 2.05) is 0 Å². The largest absolute Gasteiger partial charge is 0.379 e. The Morgan fingerprint density at radius 3 is 2.13 bits per heavy atom. The first kappa shape index (κ1) is 25.7. The summed E-state index contributed by atoms with van der Waals surface area (Å²) in [6.07, 6.45) is 2.61. The highest BCUT2D eigenvalue weighted by molar-refractivity contribution is 5.85. The highest BCUT2D eigenvalue weighted by Gasteiger charge is 2.26. The van der Waals surface area contributed by atoms with Crippen LogP contribution in [0.15, 0.2) is 48.5 Å². The summed E-state index contributed by atoms with van der Waals surface area (Å²) >= 11 is 0. The molecule has 1 aliphatic rings. The molecule has 3 rings (SSSR count). The van der Waals surface area contributed by atoms with Crippen LogP contribution in [0.25, 0.3) is 0 Å². The summed E-state index contributed by atoms with van der Waals surface area (Å²) in [6.45, 7) is 17.1. The van der Waals surface area contributed by atoms with Gasteiger partial charge in [-0.1, -0.05) is 69.3 Å². The van der Waals surface area contributed by atoms with E-state index in [1.54, 1.807) is 0 Å². The van der Waals surface area contributed by atoms with Gasteiger partial charge < -0.3 is 9.64 Å². The van der Waals surface area contributed by atoms with Crippen molar-refractivity contribution >= 4 is 18.1 Å². The second-order valence-corrected chi connectivity index (χ2v) is 10.1. The number of hydrogen-bond donors (Lipinski definition) is 0. The number of nitrogens with zero attached hydrogens (tertiary/aromatic N) is 2. The Labute approximate surface area is 196 Å². The fourth-order valence-corrected chi connectivity index (χ4v) is 4.48. The zero-order chi connectivity index (χ0) is 21.6. The maximum absolute atomic E-state index is 6.25. The van der Waals surface area contributed by atoms with Crippen molar-refractivity contribution in [2.45, 2.75) is 60.0 Å². The van der Waals surface area contributed by atoms with Crippen LogP contribution in [0.4, 0.5) is 5.69 Å². The summed E-state index contributed by atoms with van der Waals surface area (Å²) in [5.74, 6) is 0. The minimum atomic E-state index is 0. The van der Waals surface area contributed by atoms with Gasteiger partial charge in [0.2, 0.25) is 0 Å². The second kappa shape index (κ2) is 11.9. The molecule has 1 atom stereocenters. The molecular formula is C27H41ClN2O. The van der Waals surface area contributed by atoms with Crippen LogP contribution in [-0.4, -0.2) is 43.8 Å². The standard InChI is InChI=1S/C27H40N2O.ClH/c1-22-12-11-13-23(2)26(22)29(18-24-14-7-6-8-15-24)19-25(28-16-9-10-17-28)20-30-21-27(3,4)5;/h6-8,11-15,25H,9-10,16-21H2,1-5H3;1H. The van der Waals surface area contributed by atoms with Crippen molar-refractivity contribution in [3.63, 3.8) is 0 Å². The van der Waals surface area contributed by atoms with E-state index >= 15 is 0 Å². The molecule has 0 spiro atoms. The summed E-state index contributed by atoms with van der Waals surface area (Å²) < 4.78 is 6.25. The van der Waals surface area contributed by atoms with E-state index in [0.717, 1.165) is 26.3 Å². The average molecular weight is 445 g/mol. The first-order chi connectivity index (χ1) is 14.3. The Balaban J connectivity index is 0.00000341. The fraction of sp³-hybridized carbons (Fsp3) is 0.556. The molecule has 0 aliphatic carbocycles. The molecule has 0 amide bonds. The van der Waals surface area contributed by atoms with Gasteiger partial charge in [-0.2, -0.15) is 0 Å². The fourth-order valence-electron chi connectivity index (χ4n) is 4.48. The van der Waals surface area contributed by atoms with Crippen molar-refractivity contribution in [3.05, 3.63) is 65.2 Å². The maximum Gasteiger partial charge on any atom is 0.0639 e. The first-order valence-corrected chi connectivity index (χ1v) is 11.5. The predicted octanol–water partition coefficient (Wildman–Crippen LogP) is 6.26. The van der Waals surface area contributed by atoms with Crippen LogP contribution in [0.5, 0.6) is 0 Å². The number of benzene rings is 2. The minimum absolute atomic E-state index is 0. The molecule has 0 bridgehead atoms. The van der Waals surface area contributed by atoms with Crippen molar-refractivity contribution in [2.24, 2.45) is 5.41 Å². The molecule has 0 N–H and O–H groups in total. The van der Waals surface area contributed by atoms with E-state index in [1.165, 1.54) is 48.3 Å². The molecular weight excluding hydrogens is 404 g/mol. The monoisotopic (exact) mass is 444 g/mol. The van der Waals surface area contributed by atoms with E-state index in [4.69, 9.17) is 4.74 Å². The molecule has 3 nitrogen and oxygen atoms in total. The molecule has 172 valence electrons. The number of hydrogen-bond acceptors (Lipinski definition) is 3. The molecule has 2 aromatic carbocycles. The van der Waals surface area contributed by atoms with Gasteiger partial charge >= 0.3 is 0 Å². The summed E-state index contributed by atoms with van der Waals surface area (Å²) in [5, 5.41) is 0. The topological polar surface area (TPSA) is 15.7 Å². The van der Waals surface area contributed by atoms with Crippen LogP contribution in [0.1, 0.15) is 50.3 Å². The van der Waals surface area contributed by atoms with E-state index < -0.39 is 0 Å². The van der Waals surface area contributed by atoms with Crippen molar-refractivity contribution < 1.29 is 4.74 Å². The third kappa shape index (κ3) is 7.82. The van der Waals surface area contributed by atoms with E-state index in [2.05, 4.69) is 92.9 Å². The predicted molar refractivity (Wildman–Crippen MR) is 136 cm³/mol. The summed E-state index contributed by atoms with van der Waals surface area (Å²) in [7, 11) is 0. The SMILES string of the molecule is Cc1cccc(C)c1N(Cc1ccccc1)CC(COCC(C)(C)C)N1CCCC1.Cl. The van der Waals surface area contributed by atoms with Crippen LogP contribution >= 0.6 is 12.4 Å². The number of halogens is 1. The van der Waals surface area contributed by atoms with Crippen molar-refractivity contribution in [1.29, 1.82) is 0 Å². The van der Waals surface area contributed by atoms with E-state index in [-0.39, 0.29) is 17.8 Å². The van der Waals surface area contributed by atoms with Gasteiger partial charge in [0, 0.05) is 18.8 Å². The normalized spacial score (nSPS) is 15.5.